The zero-order valence-corrected chi connectivity index (χ0v) is 41.3. The predicted molar refractivity (Wildman–Crippen MR) is 256 cm³/mol. The number of rotatable bonds is 47. The Bertz CT molecular complexity index is 1030. The summed E-state index contributed by atoms with van der Waals surface area (Å²) < 4.78 is 23.3. The minimum absolute atomic E-state index is 0.00394. The number of hydrogen-bond donors (Lipinski definition) is 2. The Morgan fingerprint density at radius 1 is 0.567 bits per heavy atom. The van der Waals surface area contributed by atoms with Crippen LogP contribution in [0, 0.1) is 0 Å². The van der Waals surface area contributed by atoms with Crippen LogP contribution in [-0.2, 0) is 18.4 Å². The summed E-state index contributed by atoms with van der Waals surface area (Å²) >= 11 is 0. The van der Waals surface area contributed by atoms with Crippen molar-refractivity contribution in [2.24, 2.45) is 0 Å². The van der Waals surface area contributed by atoms with Crippen molar-refractivity contribution < 1.29 is 32.9 Å². The smallest absolute Gasteiger partial charge is 0.268 e. The van der Waals surface area contributed by atoms with Gasteiger partial charge in [-0.3, -0.25) is 9.36 Å². The Labute approximate surface area is 373 Å². The number of phosphoric acid groups is 1. The highest BCUT2D eigenvalue weighted by molar-refractivity contribution is 7.45. The largest absolute Gasteiger partial charge is 0.756 e. The maximum Gasteiger partial charge on any atom is 0.268 e. The Morgan fingerprint density at radius 2 is 0.933 bits per heavy atom. The normalized spacial score (nSPS) is 14.3. The number of phosphoric ester groups is 1. The molecular formula is C51H101N2O6P. The molecule has 2 N–H and O–H groups in total. The number of carbonyl (C=O) groups is 1. The van der Waals surface area contributed by atoms with Gasteiger partial charge in [0.2, 0.25) is 5.91 Å². The van der Waals surface area contributed by atoms with E-state index in [1.54, 1.807) is 6.08 Å². The number of nitrogens with zero attached hydrogens (tertiary/aromatic N) is 1. The van der Waals surface area contributed by atoms with Gasteiger partial charge in [-0.2, -0.15) is 0 Å². The van der Waals surface area contributed by atoms with Crippen molar-refractivity contribution in [2.75, 3.05) is 40.9 Å². The highest BCUT2D eigenvalue weighted by Crippen LogP contribution is 2.38. The number of nitrogens with one attached hydrogen (secondary N) is 1. The topological polar surface area (TPSA) is 108 Å². The summed E-state index contributed by atoms with van der Waals surface area (Å²) in [7, 11) is 1.25. The molecule has 0 saturated carbocycles. The molecule has 0 saturated heterocycles. The van der Waals surface area contributed by atoms with Gasteiger partial charge < -0.3 is 28.8 Å². The summed E-state index contributed by atoms with van der Waals surface area (Å²) in [6.07, 6.45) is 52.4. The van der Waals surface area contributed by atoms with E-state index in [4.69, 9.17) is 9.05 Å². The summed E-state index contributed by atoms with van der Waals surface area (Å²) in [6.45, 7) is 4.66. The predicted octanol–water partition coefficient (Wildman–Crippen LogP) is 14.2. The molecule has 60 heavy (non-hydrogen) atoms. The first-order chi connectivity index (χ1) is 29.0. The Morgan fingerprint density at radius 3 is 1.35 bits per heavy atom. The summed E-state index contributed by atoms with van der Waals surface area (Å²) in [5, 5.41) is 13.8. The van der Waals surface area contributed by atoms with E-state index in [9.17, 15) is 19.4 Å². The highest BCUT2D eigenvalue weighted by atomic mass is 31.2. The molecule has 9 heteroatoms. The third-order valence-electron chi connectivity index (χ3n) is 11.7. The molecular weight excluding hydrogens is 768 g/mol. The zero-order chi connectivity index (χ0) is 44.3. The molecule has 0 aliphatic heterocycles. The van der Waals surface area contributed by atoms with Crippen molar-refractivity contribution in [1.29, 1.82) is 0 Å². The fourth-order valence-corrected chi connectivity index (χ4v) is 8.30. The van der Waals surface area contributed by atoms with Gasteiger partial charge in [0.05, 0.1) is 39.9 Å². The molecule has 0 aliphatic rings. The third kappa shape index (κ3) is 45.0. The fourth-order valence-electron chi connectivity index (χ4n) is 7.58. The molecule has 0 bridgehead atoms. The van der Waals surface area contributed by atoms with Crippen molar-refractivity contribution in [3.63, 3.8) is 0 Å². The zero-order valence-electron chi connectivity index (χ0n) is 40.4. The van der Waals surface area contributed by atoms with Gasteiger partial charge in [-0.25, -0.2) is 0 Å². The summed E-state index contributed by atoms with van der Waals surface area (Å²) in [5.74, 6) is -0.203. The molecule has 3 atom stereocenters. The number of likely N-dealkylation sites (N-methyl/N-ethyl adjacent to an activating group) is 1. The number of unbranched alkanes of at least 4 members (excludes halogenated alkanes) is 32. The van der Waals surface area contributed by atoms with Crippen molar-refractivity contribution in [3.05, 3.63) is 24.3 Å². The Hall–Kier alpha value is -1.02. The van der Waals surface area contributed by atoms with Crippen LogP contribution in [0.2, 0.25) is 0 Å². The third-order valence-corrected chi connectivity index (χ3v) is 12.6. The molecule has 0 heterocycles. The van der Waals surface area contributed by atoms with Crippen molar-refractivity contribution in [1.82, 2.24) is 5.32 Å². The van der Waals surface area contributed by atoms with E-state index >= 15 is 0 Å². The second kappa shape index (κ2) is 43.2. The van der Waals surface area contributed by atoms with Crippen molar-refractivity contribution >= 4 is 13.7 Å². The molecule has 0 fully saturated rings. The molecule has 0 aromatic carbocycles. The number of quaternary nitrogens is 1. The van der Waals surface area contributed by atoms with Crippen LogP contribution in [0.3, 0.4) is 0 Å². The van der Waals surface area contributed by atoms with Gasteiger partial charge in [0.1, 0.15) is 13.2 Å². The lowest BCUT2D eigenvalue weighted by Crippen LogP contribution is -2.45. The van der Waals surface area contributed by atoms with Crippen LogP contribution in [0.15, 0.2) is 24.3 Å². The summed E-state index contributed by atoms with van der Waals surface area (Å²) in [5.41, 5.74) is 0. The van der Waals surface area contributed by atoms with Crippen LogP contribution in [0.25, 0.3) is 0 Å². The maximum absolute atomic E-state index is 12.9. The first kappa shape index (κ1) is 59.0. The molecule has 356 valence electrons. The maximum atomic E-state index is 12.9. The second-order valence-electron chi connectivity index (χ2n) is 18.9. The van der Waals surface area contributed by atoms with Gasteiger partial charge in [-0.05, 0) is 32.1 Å². The van der Waals surface area contributed by atoms with E-state index in [0.29, 0.717) is 17.4 Å². The number of carbonyl (C=O) groups excluding carboxylic acids is 1. The molecule has 3 unspecified atom stereocenters. The average Bonchev–Trinajstić information content (AvgIpc) is 3.20. The van der Waals surface area contributed by atoms with Gasteiger partial charge in [0.15, 0.2) is 0 Å². The molecule has 1 amide bonds. The minimum Gasteiger partial charge on any atom is -0.756 e. The number of aliphatic hydroxyl groups is 1. The molecule has 8 nitrogen and oxygen atoms in total. The van der Waals surface area contributed by atoms with Crippen molar-refractivity contribution in [3.8, 4) is 0 Å². The molecule has 0 rings (SSSR count). The Kier molecular flexibility index (Phi) is 42.5. The molecule has 0 aromatic rings. The number of aliphatic hydroxyl groups excluding tert-OH is 1. The lowest BCUT2D eigenvalue weighted by Gasteiger charge is -2.29. The van der Waals surface area contributed by atoms with Gasteiger partial charge in [0, 0.05) is 6.42 Å². The molecule has 0 spiro atoms. The Balaban J connectivity index is 4.32. The van der Waals surface area contributed by atoms with Gasteiger partial charge in [-0.15, -0.1) is 0 Å². The summed E-state index contributed by atoms with van der Waals surface area (Å²) in [4.78, 5) is 25.4. The lowest BCUT2D eigenvalue weighted by molar-refractivity contribution is -0.870. The van der Waals surface area contributed by atoms with Gasteiger partial charge >= 0.3 is 0 Å². The van der Waals surface area contributed by atoms with E-state index in [1.807, 2.05) is 27.2 Å². The standard InChI is InChI=1S/C51H101N2O6P/c1-6-8-10-12-14-16-18-20-22-24-26-27-29-31-33-35-37-39-41-43-45-51(55)52-49(48-59-60(56,57)58-47-46-53(3,4)5)50(54)44-42-40-38-36-34-32-30-28-25-23-21-19-17-15-13-11-9-7-2/h34,36,42,44,49-50,54H,6-33,35,37-41,43,45-48H2,1-5H3,(H-,52,55,56,57)/b36-34+,44-42+. The van der Waals surface area contributed by atoms with Crippen molar-refractivity contribution in [2.45, 2.75) is 257 Å². The van der Waals surface area contributed by atoms with E-state index in [1.165, 1.54) is 186 Å². The first-order valence-corrected chi connectivity index (χ1v) is 27.2. The quantitative estimate of drug-likeness (QED) is 0.0273. The summed E-state index contributed by atoms with van der Waals surface area (Å²) in [6, 6.07) is -0.899. The second-order valence-corrected chi connectivity index (χ2v) is 20.3. The average molecular weight is 869 g/mol. The van der Waals surface area contributed by atoms with Crippen LogP contribution >= 0.6 is 7.82 Å². The highest BCUT2D eigenvalue weighted by Gasteiger charge is 2.23. The van der Waals surface area contributed by atoms with E-state index in [0.717, 1.165) is 38.5 Å². The van der Waals surface area contributed by atoms with Crippen LogP contribution in [-0.4, -0.2) is 68.5 Å². The monoisotopic (exact) mass is 869 g/mol. The van der Waals surface area contributed by atoms with Crippen LogP contribution in [0.1, 0.15) is 245 Å². The fraction of sp³-hybridized carbons (Fsp3) is 0.902. The van der Waals surface area contributed by atoms with Gasteiger partial charge in [-0.1, -0.05) is 231 Å². The minimum atomic E-state index is -4.60. The molecule has 0 aromatic heterocycles. The molecule has 0 radical (unpaired) electrons. The van der Waals surface area contributed by atoms with Crippen LogP contribution < -0.4 is 10.2 Å². The van der Waals surface area contributed by atoms with Crippen LogP contribution in [0.4, 0.5) is 0 Å². The SMILES string of the molecule is CCCCCCCCCCCCCC/C=C/CC/C=C/C(O)C(COP(=O)([O-])OCC[N+](C)(C)C)NC(=O)CCCCCCCCCCCCCCCCCCCCCC. The first-order valence-electron chi connectivity index (χ1n) is 25.7. The number of hydrogen-bond acceptors (Lipinski definition) is 6. The van der Waals surface area contributed by atoms with E-state index < -0.39 is 20.0 Å². The van der Waals surface area contributed by atoms with Crippen LogP contribution in [0.5, 0.6) is 0 Å². The lowest BCUT2D eigenvalue weighted by atomic mass is 10.0. The number of amides is 1. The molecule has 0 aliphatic carbocycles. The van der Waals surface area contributed by atoms with E-state index in [2.05, 4.69) is 31.3 Å². The van der Waals surface area contributed by atoms with E-state index in [-0.39, 0.29) is 19.1 Å². The van der Waals surface area contributed by atoms with Gasteiger partial charge in [0.25, 0.3) is 7.82 Å². The number of allylic oxidation sites excluding steroid dienone is 3.